The van der Waals surface area contributed by atoms with Gasteiger partial charge in [-0.1, -0.05) is 28.1 Å². The summed E-state index contributed by atoms with van der Waals surface area (Å²) in [5.74, 6) is 0.408. The van der Waals surface area contributed by atoms with Gasteiger partial charge in [0.05, 0.1) is 5.60 Å². The Kier molecular flexibility index (Phi) is 3.14. The van der Waals surface area contributed by atoms with Crippen molar-refractivity contribution < 1.29 is 5.11 Å². The average molecular weight is 270 g/mol. The van der Waals surface area contributed by atoms with Crippen molar-refractivity contribution in [3.63, 3.8) is 0 Å². The summed E-state index contributed by atoms with van der Waals surface area (Å²) in [6.45, 7) is 0.355. The van der Waals surface area contributed by atoms with Gasteiger partial charge in [-0.05, 0) is 36.5 Å². The van der Waals surface area contributed by atoms with Gasteiger partial charge >= 0.3 is 0 Å². The summed E-state index contributed by atoms with van der Waals surface area (Å²) in [7, 11) is 0. The number of aliphatic hydroxyl groups is 1. The van der Waals surface area contributed by atoms with Crippen LogP contribution in [0, 0.1) is 5.92 Å². The van der Waals surface area contributed by atoms with Crippen LogP contribution in [0.3, 0.4) is 0 Å². The molecule has 0 saturated heterocycles. The van der Waals surface area contributed by atoms with Gasteiger partial charge in [-0.25, -0.2) is 0 Å². The van der Waals surface area contributed by atoms with E-state index >= 15 is 0 Å². The zero-order chi connectivity index (χ0) is 10.9. The minimum atomic E-state index is -0.687. The first kappa shape index (κ1) is 11.1. The largest absolute Gasteiger partial charge is 0.388 e. The molecular weight excluding hydrogens is 254 g/mol. The van der Waals surface area contributed by atoms with Crippen LogP contribution in [0.1, 0.15) is 18.4 Å². The summed E-state index contributed by atoms with van der Waals surface area (Å²) in [6.07, 6.45) is 2.90. The minimum absolute atomic E-state index is 0.355. The van der Waals surface area contributed by atoms with E-state index in [4.69, 9.17) is 5.73 Å². The minimum Gasteiger partial charge on any atom is -0.388 e. The first-order valence-electron chi connectivity index (χ1n) is 5.31. The van der Waals surface area contributed by atoms with Crippen LogP contribution in [0.15, 0.2) is 28.7 Å². The maximum Gasteiger partial charge on any atom is 0.0837 e. The van der Waals surface area contributed by atoms with E-state index in [0.717, 1.165) is 22.9 Å². The molecule has 1 aliphatic rings. The molecule has 1 fully saturated rings. The van der Waals surface area contributed by atoms with Crippen LogP contribution in [0.2, 0.25) is 0 Å². The average Bonchev–Trinajstić information content (AvgIpc) is 3.05. The fourth-order valence-corrected chi connectivity index (χ4v) is 2.22. The second kappa shape index (κ2) is 4.24. The SMILES string of the molecule is NCC(O)(Cc1ccc(Br)cc1)C1CC1. The molecule has 1 atom stereocenters. The van der Waals surface area contributed by atoms with Gasteiger partial charge in [-0.3, -0.25) is 0 Å². The number of nitrogens with two attached hydrogens (primary N) is 1. The monoisotopic (exact) mass is 269 g/mol. The fraction of sp³-hybridized carbons (Fsp3) is 0.500. The quantitative estimate of drug-likeness (QED) is 0.880. The molecule has 1 unspecified atom stereocenters. The molecule has 1 aliphatic carbocycles. The van der Waals surface area contributed by atoms with Crippen LogP contribution in [0.4, 0.5) is 0 Å². The zero-order valence-electron chi connectivity index (χ0n) is 8.62. The van der Waals surface area contributed by atoms with Crippen LogP contribution < -0.4 is 5.73 Å². The van der Waals surface area contributed by atoms with Crippen molar-refractivity contribution in [1.82, 2.24) is 0 Å². The van der Waals surface area contributed by atoms with Crippen molar-refractivity contribution in [3.8, 4) is 0 Å². The molecule has 0 heterocycles. The second-order valence-electron chi connectivity index (χ2n) is 4.39. The van der Waals surface area contributed by atoms with Gasteiger partial charge in [-0.2, -0.15) is 0 Å². The van der Waals surface area contributed by atoms with Gasteiger partial charge in [0.2, 0.25) is 0 Å². The Morgan fingerprint density at radius 3 is 2.40 bits per heavy atom. The molecule has 0 amide bonds. The van der Waals surface area contributed by atoms with Crippen molar-refractivity contribution in [2.75, 3.05) is 6.54 Å². The van der Waals surface area contributed by atoms with E-state index < -0.39 is 5.60 Å². The van der Waals surface area contributed by atoms with E-state index in [0.29, 0.717) is 18.9 Å². The van der Waals surface area contributed by atoms with E-state index in [1.807, 2.05) is 24.3 Å². The van der Waals surface area contributed by atoms with Crippen molar-refractivity contribution in [1.29, 1.82) is 0 Å². The van der Waals surface area contributed by atoms with E-state index in [9.17, 15) is 5.11 Å². The van der Waals surface area contributed by atoms with Crippen LogP contribution in [0.25, 0.3) is 0 Å². The van der Waals surface area contributed by atoms with E-state index in [1.165, 1.54) is 0 Å². The molecule has 0 aromatic heterocycles. The molecule has 0 bridgehead atoms. The molecule has 15 heavy (non-hydrogen) atoms. The molecule has 3 heteroatoms. The summed E-state index contributed by atoms with van der Waals surface area (Å²) in [5, 5.41) is 10.3. The molecule has 0 radical (unpaired) electrons. The summed E-state index contributed by atoms with van der Waals surface area (Å²) >= 11 is 3.40. The Balaban J connectivity index is 2.09. The lowest BCUT2D eigenvalue weighted by molar-refractivity contribution is 0.0267. The lowest BCUT2D eigenvalue weighted by Crippen LogP contribution is -2.42. The fourth-order valence-electron chi connectivity index (χ4n) is 1.96. The molecule has 0 aliphatic heterocycles. The topological polar surface area (TPSA) is 46.2 Å². The number of hydrogen-bond acceptors (Lipinski definition) is 2. The van der Waals surface area contributed by atoms with Crippen LogP contribution in [-0.2, 0) is 6.42 Å². The molecule has 0 spiro atoms. The van der Waals surface area contributed by atoms with Crippen molar-refractivity contribution in [3.05, 3.63) is 34.3 Å². The Hall–Kier alpha value is -0.380. The predicted molar refractivity (Wildman–Crippen MR) is 64.6 cm³/mol. The van der Waals surface area contributed by atoms with E-state index in [-0.39, 0.29) is 0 Å². The lowest BCUT2D eigenvalue weighted by Gasteiger charge is -2.26. The summed E-state index contributed by atoms with van der Waals surface area (Å²) in [5.41, 5.74) is 6.13. The first-order chi connectivity index (χ1) is 7.14. The summed E-state index contributed by atoms with van der Waals surface area (Å²) < 4.78 is 1.06. The third-order valence-electron chi connectivity index (χ3n) is 3.11. The Labute approximate surface area is 98.6 Å². The normalized spacial score (nSPS) is 19.9. The summed E-state index contributed by atoms with van der Waals surface area (Å²) in [4.78, 5) is 0. The van der Waals surface area contributed by atoms with Gasteiger partial charge in [0.25, 0.3) is 0 Å². The highest BCUT2D eigenvalue weighted by Gasteiger charge is 2.42. The number of hydrogen-bond donors (Lipinski definition) is 2. The Morgan fingerprint density at radius 2 is 1.93 bits per heavy atom. The third kappa shape index (κ3) is 2.60. The third-order valence-corrected chi connectivity index (χ3v) is 3.64. The molecule has 1 aromatic carbocycles. The number of benzene rings is 1. The predicted octanol–water partition coefficient (Wildman–Crippen LogP) is 2.09. The molecule has 3 N–H and O–H groups in total. The van der Waals surface area contributed by atoms with Gasteiger partial charge in [0, 0.05) is 17.4 Å². The number of halogens is 1. The van der Waals surface area contributed by atoms with Gasteiger partial charge in [-0.15, -0.1) is 0 Å². The highest BCUT2D eigenvalue weighted by Crippen LogP contribution is 2.40. The maximum absolute atomic E-state index is 10.3. The second-order valence-corrected chi connectivity index (χ2v) is 5.30. The van der Waals surface area contributed by atoms with E-state index in [2.05, 4.69) is 15.9 Å². The van der Waals surface area contributed by atoms with Gasteiger partial charge < -0.3 is 10.8 Å². The zero-order valence-corrected chi connectivity index (χ0v) is 10.2. The molecule has 82 valence electrons. The van der Waals surface area contributed by atoms with Crippen molar-refractivity contribution >= 4 is 15.9 Å². The van der Waals surface area contributed by atoms with Crippen molar-refractivity contribution in [2.45, 2.75) is 24.9 Å². The molecule has 1 saturated carbocycles. The van der Waals surface area contributed by atoms with Gasteiger partial charge in [0.15, 0.2) is 0 Å². The number of rotatable bonds is 4. The molecule has 2 rings (SSSR count). The summed E-state index contributed by atoms with van der Waals surface area (Å²) in [6, 6.07) is 8.07. The highest BCUT2D eigenvalue weighted by atomic mass is 79.9. The molecule has 1 aromatic rings. The van der Waals surface area contributed by atoms with Crippen LogP contribution >= 0.6 is 15.9 Å². The first-order valence-corrected chi connectivity index (χ1v) is 6.10. The highest BCUT2D eigenvalue weighted by molar-refractivity contribution is 9.10. The molecular formula is C12H16BrNO. The molecule has 2 nitrogen and oxygen atoms in total. The van der Waals surface area contributed by atoms with Gasteiger partial charge in [0.1, 0.15) is 0 Å². The smallest absolute Gasteiger partial charge is 0.0837 e. The Morgan fingerprint density at radius 1 is 1.33 bits per heavy atom. The Bertz CT molecular complexity index is 334. The van der Waals surface area contributed by atoms with Crippen LogP contribution in [0.5, 0.6) is 0 Å². The van der Waals surface area contributed by atoms with E-state index in [1.54, 1.807) is 0 Å². The van der Waals surface area contributed by atoms with Crippen LogP contribution in [-0.4, -0.2) is 17.3 Å². The van der Waals surface area contributed by atoms with Crippen molar-refractivity contribution in [2.24, 2.45) is 11.7 Å². The standard InChI is InChI=1S/C12H16BrNO/c13-11-5-1-9(2-6-11)7-12(15,8-14)10-3-4-10/h1-2,5-6,10,15H,3-4,7-8,14H2. The maximum atomic E-state index is 10.3. The lowest BCUT2D eigenvalue weighted by atomic mass is 9.90.